The van der Waals surface area contributed by atoms with Crippen molar-refractivity contribution in [3.63, 3.8) is 0 Å². The highest BCUT2D eigenvalue weighted by Crippen LogP contribution is 2.25. The van der Waals surface area contributed by atoms with Crippen LogP contribution in [0.3, 0.4) is 0 Å². The van der Waals surface area contributed by atoms with Crippen LogP contribution in [0.4, 0.5) is 5.69 Å². The van der Waals surface area contributed by atoms with Crippen LogP contribution in [0.2, 0.25) is 0 Å². The molecule has 3 N–H and O–H groups in total. The second-order valence-electron chi connectivity index (χ2n) is 5.07. The van der Waals surface area contributed by atoms with E-state index in [0.29, 0.717) is 0 Å². The largest absolute Gasteiger partial charge is 0.466 e. The van der Waals surface area contributed by atoms with E-state index < -0.39 is 0 Å². The number of benzene rings is 1. The third-order valence-corrected chi connectivity index (χ3v) is 3.26. The number of nitrogens with two attached hydrogens (primary N) is 1. The summed E-state index contributed by atoms with van der Waals surface area (Å²) in [5.41, 5.74) is 8.26. The minimum atomic E-state index is -0.316. The van der Waals surface area contributed by atoms with Crippen molar-refractivity contribution in [2.75, 3.05) is 5.32 Å². The molecule has 4 heteroatoms. The molecule has 4 nitrogen and oxygen atoms in total. The van der Waals surface area contributed by atoms with E-state index in [1.807, 2.05) is 38.1 Å². The Morgan fingerprint density at radius 1 is 1.30 bits per heavy atom. The Morgan fingerprint density at radius 3 is 2.45 bits per heavy atom. The van der Waals surface area contributed by atoms with Gasteiger partial charge in [-0.3, -0.25) is 4.79 Å². The van der Waals surface area contributed by atoms with E-state index in [1.165, 1.54) is 0 Å². The van der Waals surface area contributed by atoms with Crippen LogP contribution < -0.4 is 11.1 Å². The summed E-state index contributed by atoms with van der Waals surface area (Å²) in [7, 11) is 0. The Morgan fingerprint density at radius 2 is 1.95 bits per heavy atom. The van der Waals surface area contributed by atoms with E-state index in [9.17, 15) is 4.79 Å². The topological polar surface area (TPSA) is 68.3 Å². The summed E-state index contributed by atoms with van der Waals surface area (Å²) < 4.78 is 5.54. The second-order valence-corrected chi connectivity index (χ2v) is 5.07. The first-order valence-electron chi connectivity index (χ1n) is 6.66. The second kappa shape index (κ2) is 5.82. The molecule has 0 aliphatic carbocycles. The maximum atomic E-state index is 10.9. The van der Waals surface area contributed by atoms with Gasteiger partial charge in [0.15, 0.2) is 0 Å². The van der Waals surface area contributed by atoms with Crippen molar-refractivity contribution in [3.8, 4) is 0 Å². The lowest BCUT2D eigenvalue weighted by atomic mass is 10.1. The molecule has 0 radical (unpaired) electrons. The standard InChI is InChI=1S/C16H20N2O2/c1-10-8-15(12(3)20-10)11(2)18-14-6-4-13(5-7-14)9-16(17)19/h4-8,11,18H,9H2,1-3H3,(H2,17,19). The smallest absolute Gasteiger partial charge is 0.221 e. The lowest BCUT2D eigenvalue weighted by Crippen LogP contribution is -2.13. The number of rotatable bonds is 5. The maximum Gasteiger partial charge on any atom is 0.221 e. The third kappa shape index (κ3) is 3.41. The number of hydrogen-bond donors (Lipinski definition) is 2. The number of hydrogen-bond acceptors (Lipinski definition) is 3. The molecule has 1 heterocycles. The van der Waals surface area contributed by atoms with Crippen LogP contribution >= 0.6 is 0 Å². The van der Waals surface area contributed by atoms with Gasteiger partial charge in [0.05, 0.1) is 12.5 Å². The van der Waals surface area contributed by atoms with E-state index in [0.717, 1.165) is 28.3 Å². The first kappa shape index (κ1) is 14.2. The third-order valence-electron chi connectivity index (χ3n) is 3.26. The molecular formula is C16H20N2O2. The number of furan rings is 1. The van der Waals surface area contributed by atoms with Gasteiger partial charge >= 0.3 is 0 Å². The van der Waals surface area contributed by atoms with Crippen LogP contribution in [-0.4, -0.2) is 5.91 Å². The van der Waals surface area contributed by atoms with Crippen molar-refractivity contribution >= 4 is 11.6 Å². The monoisotopic (exact) mass is 272 g/mol. The first-order valence-corrected chi connectivity index (χ1v) is 6.66. The zero-order valence-electron chi connectivity index (χ0n) is 12.1. The highest BCUT2D eigenvalue weighted by Gasteiger charge is 2.12. The van der Waals surface area contributed by atoms with Crippen molar-refractivity contribution in [1.29, 1.82) is 0 Å². The molecule has 106 valence electrons. The molecule has 0 aliphatic rings. The van der Waals surface area contributed by atoms with Gasteiger partial charge in [0.25, 0.3) is 0 Å². The summed E-state index contributed by atoms with van der Waals surface area (Å²) in [5, 5.41) is 3.42. The highest BCUT2D eigenvalue weighted by molar-refractivity contribution is 5.76. The molecule has 1 aromatic heterocycles. The van der Waals surface area contributed by atoms with Gasteiger partial charge in [-0.05, 0) is 44.5 Å². The van der Waals surface area contributed by atoms with Gasteiger partial charge in [-0.2, -0.15) is 0 Å². The highest BCUT2D eigenvalue weighted by atomic mass is 16.3. The van der Waals surface area contributed by atoms with Gasteiger partial charge in [0.2, 0.25) is 5.91 Å². The van der Waals surface area contributed by atoms with Crippen molar-refractivity contribution in [2.24, 2.45) is 5.73 Å². The molecule has 1 unspecified atom stereocenters. The van der Waals surface area contributed by atoms with Crippen LogP contribution in [0.15, 0.2) is 34.7 Å². The summed E-state index contributed by atoms with van der Waals surface area (Å²) >= 11 is 0. The van der Waals surface area contributed by atoms with Crippen LogP contribution in [0.1, 0.15) is 35.6 Å². The van der Waals surface area contributed by atoms with Crippen molar-refractivity contribution in [2.45, 2.75) is 33.2 Å². The summed E-state index contributed by atoms with van der Waals surface area (Å²) in [6.45, 7) is 6.01. The maximum absolute atomic E-state index is 10.9. The molecule has 0 aliphatic heterocycles. The molecule has 2 rings (SSSR count). The van der Waals surface area contributed by atoms with Crippen LogP contribution in [0.25, 0.3) is 0 Å². The number of carbonyl (C=O) groups excluding carboxylic acids is 1. The molecule has 0 saturated heterocycles. The minimum Gasteiger partial charge on any atom is -0.466 e. The SMILES string of the molecule is Cc1cc(C(C)Nc2ccc(CC(N)=O)cc2)c(C)o1. The number of aryl methyl sites for hydroxylation is 2. The fourth-order valence-corrected chi connectivity index (χ4v) is 2.33. The van der Waals surface area contributed by atoms with E-state index in [-0.39, 0.29) is 18.4 Å². The Labute approximate surface area is 119 Å². The summed E-state index contributed by atoms with van der Waals surface area (Å²) in [6, 6.07) is 9.94. The number of carbonyl (C=O) groups is 1. The predicted molar refractivity (Wildman–Crippen MR) is 79.6 cm³/mol. The van der Waals surface area contributed by atoms with E-state index in [2.05, 4.69) is 18.3 Å². The van der Waals surface area contributed by atoms with Gasteiger partial charge < -0.3 is 15.5 Å². The first-order chi connectivity index (χ1) is 9.45. The molecular weight excluding hydrogens is 252 g/mol. The number of nitrogens with one attached hydrogen (secondary N) is 1. The van der Waals surface area contributed by atoms with Crippen molar-refractivity contribution in [1.82, 2.24) is 0 Å². The van der Waals surface area contributed by atoms with Gasteiger partial charge in [0.1, 0.15) is 11.5 Å². The van der Waals surface area contributed by atoms with E-state index in [1.54, 1.807) is 0 Å². The molecule has 1 amide bonds. The molecule has 0 fully saturated rings. The zero-order chi connectivity index (χ0) is 14.7. The Balaban J connectivity index is 2.06. The predicted octanol–water partition coefficient (Wildman–Crippen LogP) is 3.10. The van der Waals surface area contributed by atoms with Crippen LogP contribution in [0, 0.1) is 13.8 Å². The fraction of sp³-hybridized carbons (Fsp3) is 0.312. The number of anilines is 1. The van der Waals surface area contributed by atoms with Crippen LogP contribution in [0.5, 0.6) is 0 Å². The molecule has 1 aromatic carbocycles. The number of primary amides is 1. The Kier molecular flexibility index (Phi) is 4.13. The van der Waals surface area contributed by atoms with Gasteiger partial charge in [-0.25, -0.2) is 0 Å². The summed E-state index contributed by atoms with van der Waals surface area (Å²) in [5.74, 6) is 1.54. The van der Waals surface area contributed by atoms with Crippen molar-refractivity contribution < 1.29 is 9.21 Å². The summed E-state index contributed by atoms with van der Waals surface area (Å²) in [6.07, 6.45) is 0.274. The van der Waals surface area contributed by atoms with E-state index in [4.69, 9.17) is 10.2 Å². The molecule has 0 saturated carbocycles. The fourth-order valence-electron chi connectivity index (χ4n) is 2.33. The molecule has 2 aromatic rings. The molecule has 1 atom stereocenters. The van der Waals surface area contributed by atoms with E-state index >= 15 is 0 Å². The van der Waals surface area contributed by atoms with Gasteiger partial charge in [0, 0.05) is 11.3 Å². The summed E-state index contributed by atoms with van der Waals surface area (Å²) in [4.78, 5) is 10.9. The molecule has 20 heavy (non-hydrogen) atoms. The quantitative estimate of drug-likeness (QED) is 0.878. The zero-order valence-corrected chi connectivity index (χ0v) is 12.1. The van der Waals surface area contributed by atoms with Gasteiger partial charge in [-0.15, -0.1) is 0 Å². The number of amides is 1. The van der Waals surface area contributed by atoms with Crippen LogP contribution in [-0.2, 0) is 11.2 Å². The average molecular weight is 272 g/mol. The average Bonchev–Trinajstić information content (AvgIpc) is 2.70. The van der Waals surface area contributed by atoms with Crippen molar-refractivity contribution in [3.05, 3.63) is 53.0 Å². The lowest BCUT2D eigenvalue weighted by molar-refractivity contribution is -0.117. The molecule has 0 spiro atoms. The molecule has 0 bridgehead atoms. The Bertz CT molecular complexity index is 599. The lowest BCUT2D eigenvalue weighted by Gasteiger charge is -2.15. The van der Waals surface area contributed by atoms with Gasteiger partial charge in [-0.1, -0.05) is 12.1 Å². The minimum absolute atomic E-state index is 0.162. The Hall–Kier alpha value is -2.23. The normalized spacial score (nSPS) is 12.2.